The van der Waals surface area contributed by atoms with Crippen LogP contribution in [-0.2, 0) is 9.59 Å². The minimum Gasteiger partial charge on any atom is -0.350 e. The third-order valence-electron chi connectivity index (χ3n) is 0.832. The number of carbonyl (C=O) groups excluding carboxylic acids is 2. The van der Waals surface area contributed by atoms with Crippen LogP contribution in [0, 0.1) is 0 Å². The Morgan fingerprint density at radius 2 is 2.00 bits per heavy atom. The summed E-state index contributed by atoms with van der Waals surface area (Å²) in [7, 11) is 0. The fourth-order valence-electron chi connectivity index (χ4n) is 0.396. The Morgan fingerprint density at radius 3 is 2.42 bits per heavy atom. The van der Waals surface area contributed by atoms with Gasteiger partial charge in [-0.2, -0.15) is 13.2 Å². The Labute approximate surface area is 66.1 Å². The molecule has 0 aromatic carbocycles. The number of nitrogens with one attached hydrogen (secondary N) is 2. The first-order valence-corrected chi connectivity index (χ1v) is 2.96. The van der Waals surface area contributed by atoms with Gasteiger partial charge in [0, 0.05) is 0 Å². The molecule has 0 radical (unpaired) electrons. The summed E-state index contributed by atoms with van der Waals surface area (Å²) < 4.78 is 34.3. The molecule has 0 aliphatic rings. The van der Waals surface area contributed by atoms with Crippen LogP contribution in [0.15, 0.2) is 0 Å². The van der Waals surface area contributed by atoms with Gasteiger partial charge < -0.3 is 10.6 Å². The van der Waals surface area contributed by atoms with E-state index in [2.05, 4.69) is 0 Å². The van der Waals surface area contributed by atoms with Crippen LogP contribution >= 0.6 is 0 Å². The van der Waals surface area contributed by atoms with Crippen molar-refractivity contribution in [2.45, 2.75) is 6.18 Å². The highest BCUT2D eigenvalue weighted by Crippen LogP contribution is 2.11. The van der Waals surface area contributed by atoms with Crippen LogP contribution in [0.25, 0.3) is 0 Å². The molecule has 12 heavy (non-hydrogen) atoms. The second-order valence-electron chi connectivity index (χ2n) is 1.89. The molecule has 4 nitrogen and oxygen atoms in total. The predicted molar refractivity (Wildman–Crippen MR) is 33.1 cm³/mol. The fourth-order valence-corrected chi connectivity index (χ4v) is 0.396. The largest absolute Gasteiger partial charge is 0.405 e. The maximum Gasteiger partial charge on any atom is 0.405 e. The molecule has 0 atom stereocenters. The van der Waals surface area contributed by atoms with Crippen molar-refractivity contribution in [1.82, 2.24) is 10.6 Å². The Bertz CT molecular complexity index is 169. The standard InChI is InChI=1S/C5H7F3N2O2/c6-5(7,8)2-10-4(12)1-9-3-11/h3H,1-2H2,(H,9,11)(H,10,12). The Morgan fingerprint density at radius 1 is 1.42 bits per heavy atom. The van der Waals surface area contributed by atoms with Crippen LogP contribution in [0.1, 0.15) is 0 Å². The number of carbonyl (C=O) groups is 2. The molecule has 0 unspecified atom stereocenters. The van der Waals surface area contributed by atoms with Crippen LogP contribution in [0.2, 0.25) is 0 Å². The van der Waals surface area contributed by atoms with Crippen LogP contribution in [0.4, 0.5) is 13.2 Å². The number of halogens is 3. The molecule has 0 saturated heterocycles. The van der Waals surface area contributed by atoms with E-state index in [4.69, 9.17) is 0 Å². The minimum atomic E-state index is -4.42. The van der Waals surface area contributed by atoms with E-state index in [-0.39, 0.29) is 6.41 Å². The third-order valence-corrected chi connectivity index (χ3v) is 0.832. The molecule has 70 valence electrons. The molecule has 0 saturated carbocycles. The zero-order chi connectivity index (χ0) is 9.61. The van der Waals surface area contributed by atoms with Gasteiger partial charge in [0.05, 0.1) is 6.54 Å². The monoisotopic (exact) mass is 184 g/mol. The zero-order valence-corrected chi connectivity index (χ0v) is 5.94. The Kier molecular flexibility index (Phi) is 4.09. The van der Waals surface area contributed by atoms with Crippen LogP contribution < -0.4 is 10.6 Å². The molecule has 0 bridgehead atoms. The molecule has 0 heterocycles. The molecule has 7 heteroatoms. The summed E-state index contributed by atoms with van der Waals surface area (Å²) >= 11 is 0. The summed E-state index contributed by atoms with van der Waals surface area (Å²) in [4.78, 5) is 20.0. The molecule has 2 amide bonds. The van der Waals surface area contributed by atoms with E-state index in [1.807, 2.05) is 5.32 Å². The summed E-state index contributed by atoms with van der Waals surface area (Å²) in [5.74, 6) is -0.876. The second kappa shape index (κ2) is 4.58. The summed E-state index contributed by atoms with van der Waals surface area (Å²) in [5.41, 5.74) is 0. The summed E-state index contributed by atoms with van der Waals surface area (Å²) in [6.07, 6.45) is -4.19. The molecule has 0 rings (SSSR count). The van der Waals surface area contributed by atoms with Gasteiger partial charge in [-0.1, -0.05) is 0 Å². The normalized spacial score (nSPS) is 10.6. The lowest BCUT2D eigenvalue weighted by atomic mass is 10.5. The van der Waals surface area contributed by atoms with Crippen LogP contribution in [0.3, 0.4) is 0 Å². The maximum atomic E-state index is 11.4. The van der Waals surface area contributed by atoms with Crippen molar-refractivity contribution in [1.29, 1.82) is 0 Å². The van der Waals surface area contributed by atoms with Crippen LogP contribution in [0.5, 0.6) is 0 Å². The lowest BCUT2D eigenvalue weighted by molar-refractivity contribution is -0.138. The van der Waals surface area contributed by atoms with E-state index in [9.17, 15) is 22.8 Å². The number of rotatable bonds is 4. The number of hydrogen-bond donors (Lipinski definition) is 2. The van der Waals surface area contributed by atoms with E-state index in [0.29, 0.717) is 0 Å². The molecule has 0 aromatic heterocycles. The number of hydrogen-bond acceptors (Lipinski definition) is 2. The molecular formula is C5H7F3N2O2. The minimum absolute atomic E-state index is 0.229. The van der Waals surface area contributed by atoms with Crippen molar-refractivity contribution in [3.05, 3.63) is 0 Å². The third kappa shape index (κ3) is 6.84. The highest BCUT2D eigenvalue weighted by Gasteiger charge is 2.27. The summed E-state index contributed by atoms with van der Waals surface area (Å²) in [6.45, 7) is -1.83. The second-order valence-corrected chi connectivity index (χ2v) is 1.89. The van der Waals surface area contributed by atoms with Crippen molar-refractivity contribution in [3.63, 3.8) is 0 Å². The Balaban J connectivity index is 3.51. The maximum absolute atomic E-state index is 11.4. The molecule has 0 spiro atoms. The van der Waals surface area contributed by atoms with E-state index >= 15 is 0 Å². The molecule has 0 aliphatic carbocycles. The van der Waals surface area contributed by atoms with Gasteiger partial charge in [-0.25, -0.2) is 0 Å². The number of amides is 2. The summed E-state index contributed by atoms with van der Waals surface area (Å²) in [5, 5.41) is 3.50. The topological polar surface area (TPSA) is 58.2 Å². The average molecular weight is 184 g/mol. The number of alkyl halides is 3. The molecule has 0 aliphatic heterocycles. The highest BCUT2D eigenvalue weighted by atomic mass is 19.4. The van der Waals surface area contributed by atoms with Crippen molar-refractivity contribution in [3.8, 4) is 0 Å². The van der Waals surface area contributed by atoms with E-state index in [1.165, 1.54) is 0 Å². The fraction of sp³-hybridized carbons (Fsp3) is 0.600. The van der Waals surface area contributed by atoms with E-state index < -0.39 is 25.2 Å². The predicted octanol–water partition coefficient (Wildman–Crippen LogP) is -0.589. The van der Waals surface area contributed by atoms with E-state index in [0.717, 1.165) is 0 Å². The van der Waals surface area contributed by atoms with Gasteiger partial charge in [0.15, 0.2) is 0 Å². The molecule has 0 aromatic rings. The van der Waals surface area contributed by atoms with Crippen molar-refractivity contribution in [2.24, 2.45) is 0 Å². The van der Waals surface area contributed by atoms with Crippen molar-refractivity contribution in [2.75, 3.05) is 13.1 Å². The quantitative estimate of drug-likeness (QED) is 0.574. The van der Waals surface area contributed by atoms with Gasteiger partial charge >= 0.3 is 6.18 Å². The van der Waals surface area contributed by atoms with Gasteiger partial charge in [0.25, 0.3) is 0 Å². The van der Waals surface area contributed by atoms with Gasteiger partial charge in [-0.05, 0) is 0 Å². The van der Waals surface area contributed by atoms with Gasteiger partial charge in [-0.15, -0.1) is 0 Å². The van der Waals surface area contributed by atoms with Gasteiger partial charge in [-0.3, -0.25) is 9.59 Å². The molecule has 2 N–H and O–H groups in total. The Hall–Kier alpha value is -1.27. The lowest BCUT2D eigenvalue weighted by Crippen LogP contribution is -2.38. The van der Waals surface area contributed by atoms with Gasteiger partial charge in [0.1, 0.15) is 6.54 Å². The van der Waals surface area contributed by atoms with Crippen molar-refractivity contribution < 1.29 is 22.8 Å². The van der Waals surface area contributed by atoms with E-state index in [1.54, 1.807) is 5.32 Å². The highest BCUT2D eigenvalue weighted by molar-refractivity contribution is 5.79. The van der Waals surface area contributed by atoms with Gasteiger partial charge in [0.2, 0.25) is 12.3 Å². The first kappa shape index (κ1) is 10.7. The van der Waals surface area contributed by atoms with Crippen molar-refractivity contribution >= 4 is 12.3 Å². The first-order valence-electron chi connectivity index (χ1n) is 2.96. The zero-order valence-electron chi connectivity index (χ0n) is 5.94. The lowest BCUT2D eigenvalue weighted by Gasteiger charge is -2.07. The SMILES string of the molecule is O=CNCC(=O)NCC(F)(F)F. The summed E-state index contributed by atoms with van der Waals surface area (Å²) in [6, 6.07) is 0. The van der Waals surface area contributed by atoms with Crippen LogP contribution in [-0.4, -0.2) is 31.6 Å². The smallest absolute Gasteiger partial charge is 0.350 e. The average Bonchev–Trinajstić information content (AvgIpc) is 1.95. The first-order chi connectivity index (χ1) is 5.45. The molecular weight excluding hydrogens is 177 g/mol. The molecule has 0 fully saturated rings.